The standard InChI is InChI=1S/C26H30F2N2O2S/c1-2-23-26(22-9-6-20(28)16-24(22)30(23)17-25(31)32)18-10-13-29(14-11-18)12-3-15-33-21-7-4-19(27)5-8-21/h4-9,16,18H,2-3,10-15,17H2,1H3,(H,31,32). The lowest BCUT2D eigenvalue weighted by molar-refractivity contribution is -0.137. The molecule has 1 N–H and O–H groups in total. The number of halogens is 2. The Balaban J connectivity index is 1.39. The zero-order chi connectivity index (χ0) is 23.4. The van der Waals surface area contributed by atoms with E-state index in [1.165, 1.54) is 29.8 Å². The summed E-state index contributed by atoms with van der Waals surface area (Å²) in [7, 11) is 0. The van der Waals surface area contributed by atoms with E-state index >= 15 is 0 Å². The van der Waals surface area contributed by atoms with E-state index in [-0.39, 0.29) is 18.2 Å². The third-order valence-electron chi connectivity index (χ3n) is 6.50. The van der Waals surface area contributed by atoms with Crippen molar-refractivity contribution in [3.05, 3.63) is 65.4 Å². The van der Waals surface area contributed by atoms with Gasteiger partial charge >= 0.3 is 5.97 Å². The molecule has 0 spiro atoms. The van der Waals surface area contributed by atoms with Gasteiger partial charge in [-0.15, -0.1) is 11.8 Å². The van der Waals surface area contributed by atoms with E-state index in [0.717, 1.165) is 67.0 Å². The molecule has 0 unspecified atom stereocenters. The van der Waals surface area contributed by atoms with Crippen LogP contribution in [0.5, 0.6) is 0 Å². The number of aromatic nitrogens is 1. The van der Waals surface area contributed by atoms with Crippen molar-refractivity contribution in [2.45, 2.75) is 50.0 Å². The summed E-state index contributed by atoms with van der Waals surface area (Å²) in [5, 5.41) is 10.4. The molecule has 2 heterocycles. The van der Waals surface area contributed by atoms with Crippen LogP contribution in [0.1, 0.15) is 43.4 Å². The van der Waals surface area contributed by atoms with E-state index in [9.17, 15) is 18.7 Å². The third kappa shape index (κ3) is 5.58. The van der Waals surface area contributed by atoms with Gasteiger partial charge in [-0.25, -0.2) is 8.78 Å². The number of carboxylic acid groups (broad SMARTS) is 1. The number of nitrogens with zero attached hydrogens (tertiary/aromatic N) is 2. The molecule has 4 rings (SSSR count). The van der Waals surface area contributed by atoms with Crippen LogP contribution < -0.4 is 0 Å². The molecule has 0 bridgehead atoms. The highest BCUT2D eigenvalue weighted by atomic mass is 32.2. The van der Waals surface area contributed by atoms with Crippen molar-refractivity contribution in [3.63, 3.8) is 0 Å². The van der Waals surface area contributed by atoms with Gasteiger partial charge in [-0.3, -0.25) is 4.79 Å². The van der Waals surface area contributed by atoms with Gasteiger partial charge in [0, 0.05) is 16.0 Å². The first-order valence-corrected chi connectivity index (χ1v) is 12.6. The van der Waals surface area contributed by atoms with Crippen molar-refractivity contribution in [2.24, 2.45) is 0 Å². The summed E-state index contributed by atoms with van der Waals surface area (Å²) in [4.78, 5) is 15.1. The van der Waals surface area contributed by atoms with Gasteiger partial charge in [0.15, 0.2) is 0 Å². The van der Waals surface area contributed by atoms with Gasteiger partial charge < -0.3 is 14.6 Å². The molecular formula is C26H30F2N2O2S. The topological polar surface area (TPSA) is 45.5 Å². The van der Waals surface area contributed by atoms with Gasteiger partial charge in [0.1, 0.15) is 18.2 Å². The number of benzene rings is 2. The highest BCUT2D eigenvalue weighted by Gasteiger charge is 2.27. The van der Waals surface area contributed by atoms with E-state index in [0.29, 0.717) is 11.4 Å². The van der Waals surface area contributed by atoms with Crippen molar-refractivity contribution >= 4 is 28.6 Å². The molecule has 1 saturated heterocycles. The van der Waals surface area contributed by atoms with Gasteiger partial charge in [-0.1, -0.05) is 6.92 Å². The van der Waals surface area contributed by atoms with Crippen molar-refractivity contribution in [1.82, 2.24) is 9.47 Å². The second kappa shape index (κ2) is 10.7. The Morgan fingerprint density at radius 3 is 2.45 bits per heavy atom. The van der Waals surface area contributed by atoms with Gasteiger partial charge in [-0.05, 0) is 105 Å². The fraction of sp³-hybridized carbons (Fsp3) is 0.423. The predicted octanol–water partition coefficient (Wildman–Crippen LogP) is 5.93. The molecule has 2 aromatic carbocycles. The van der Waals surface area contributed by atoms with E-state index in [1.807, 2.05) is 25.1 Å². The third-order valence-corrected chi connectivity index (χ3v) is 7.60. The zero-order valence-electron chi connectivity index (χ0n) is 18.9. The molecule has 33 heavy (non-hydrogen) atoms. The van der Waals surface area contributed by atoms with E-state index in [1.54, 1.807) is 16.3 Å². The lowest BCUT2D eigenvalue weighted by Crippen LogP contribution is -2.34. The number of thioether (sulfide) groups is 1. The Hall–Kier alpha value is -2.38. The Labute approximate surface area is 197 Å². The minimum atomic E-state index is -0.911. The van der Waals surface area contributed by atoms with Gasteiger partial charge in [0.05, 0.1) is 5.52 Å². The van der Waals surface area contributed by atoms with Crippen LogP contribution in [0, 0.1) is 11.6 Å². The van der Waals surface area contributed by atoms with E-state index < -0.39 is 5.97 Å². The average Bonchev–Trinajstić information content (AvgIpc) is 3.10. The van der Waals surface area contributed by atoms with Gasteiger partial charge in [0.25, 0.3) is 0 Å². The number of fused-ring (bicyclic) bond motifs is 1. The van der Waals surface area contributed by atoms with Crippen molar-refractivity contribution in [3.8, 4) is 0 Å². The first-order chi connectivity index (χ1) is 16.0. The second-order valence-corrected chi connectivity index (χ2v) is 9.80. The molecule has 1 aromatic heterocycles. The molecule has 7 heteroatoms. The number of hydrogen-bond donors (Lipinski definition) is 1. The van der Waals surface area contributed by atoms with Crippen LogP contribution in [0.4, 0.5) is 8.78 Å². The maximum atomic E-state index is 14.0. The Morgan fingerprint density at radius 1 is 1.09 bits per heavy atom. The van der Waals surface area contributed by atoms with Crippen LogP contribution in [0.3, 0.4) is 0 Å². The summed E-state index contributed by atoms with van der Waals surface area (Å²) in [6, 6.07) is 11.4. The Bertz CT molecular complexity index is 1110. The second-order valence-electron chi connectivity index (χ2n) is 8.63. The molecule has 3 aromatic rings. The molecule has 0 radical (unpaired) electrons. The first-order valence-electron chi connectivity index (χ1n) is 11.6. The number of carbonyl (C=O) groups is 1. The van der Waals surface area contributed by atoms with Gasteiger partial charge in [-0.2, -0.15) is 0 Å². The number of piperidine rings is 1. The van der Waals surface area contributed by atoms with Crippen molar-refractivity contribution in [2.75, 3.05) is 25.4 Å². The molecule has 0 saturated carbocycles. The Kier molecular flexibility index (Phi) is 7.71. The number of carboxylic acids is 1. The monoisotopic (exact) mass is 472 g/mol. The number of aliphatic carboxylic acids is 1. The van der Waals surface area contributed by atoms with Crippen LogP contribution in [0.2, 0.25) is 0 Å². The minimum absolute atomic E-state index is 0.145. The summed E-state index contributed by atoms with van der Waals surface area (Å²) >= 11 is 1.76. The molecule has 0 amide bonds. The first kappa shape index (κ1) is 23.8. The van der Waals surface area contributed by atoms with Crippen LogP contribution >= 0.6 is 11.8 Å². The number of hydrogen-bond acceptors (Lipinski definition) is 3. The predicted molar refractivity (Wildman–Crippen MR) is 129 cm³/mol. The lowest BCUT2D eigenvalue weighted by Gasteiger charge is -2.32. The molecule has 1 aliphatic rings. The van der Waals surface area contributed by atoms with Gasteiger partial charge in [0.2, 0.25) is 0 Å². The summed E-state index contributed by atoms with van der Waals surface area (Å²) in [6.45, 7) is 4.94. The average molecular weight is 473 g/mol. The number of likely N-dealkylation sites (tertiary alicyclic amines) is 1. The van der Waals surface area contributed by atoms with Crippen molar-refractivity contribution in [1.29, 1.82) is 0 Å². The lowest BCUT2D eigenvalue weighted by atomic mass is 9.87. The zero-order valence-corrected chi connectivity index (χ0v) is 19.7. The maximum Gasteiger partial charge on any atom is 0.323 e. The molecule has 0 atom stereocenters. The molecule has 176 valence electrons. The maximum absolute atomic E-state index is 14.0. The largest absolute Gasteiger partial charge is 0.480 e. The molecule has 1 aliphatic heterocycles. The Morgan fingerprint density at radius 2 is 1.79 bits per heavy atom. The van der Waals surface area contributed by atoms with Crippen LogP contribution in [0.15, 0.2) is 47.4 Å². The highest BCUT2D eigenvalue weighted by molar-refractivity contribution is 7.99. The summed E-state index contributed by atoms with van der Waals surface area (Å²) in [5.41, 5.74) is 2.91. The molecule has 4 nitrogen and oxygen atoms in total. The highest BCUT2D eigenvalue weighted by Crippen LogP contribution is 2.38. The minimum Gasteiger partial charge on any atom is -0.480 e. The summed E-state index contributed by atoms with van der Waals surface area (Å²) < 4.78 is 28.8. The molecule has 0 aliphatic carbocycles. The quantitative estimate of drug-likeness (QED) is 0.310. The molecular weight excluding hydrogens is 442 g/mol. The summed E-state index contributed by atoms with van der Waals surface area (Å²) in [6.07, 6.45) is 3.83. The molecule has 1 fully saturated rings. The smallest absolute Gasteiger partial charge is 0.323 e. The summed E-state index contributed by atoms with van der Waals surface area (Å²) in [5.74, 6) is -0.0999. The fourth-order valence-corrected chi connectivity index (χ4v) is 5.85. The normalized spacial score (nSPS) is 15.4. The fourth-order valence-electron chi connectivity index (χ4n) is 5.01. The van der Waals surface area contributed by atoms with Crippen LogP contribution in [-0.2, 0) is 17.8 Å². The van der Waals surface area contributed by atoms with Crippen LogP contribution in [0.25, 0.3) is 10.9 Å². The SMILES string of the molecule is CCc1c(C2CCN(CCCSc3ccc(F)cc3)CC2)c2ccc(F)cc2n1CC(=O)O. The van der Waals surface area contributed by atoms with Crippen molar-refractivity contribution < 1.29 is 18.7 Å². The van der Waals surface area contributed by atoms with Crippen LogP contribution in [-0.4, -0.2) is 45.9 Å². The van der Waals surface area contributed by atoms with E-state index in [2.05, 4.69) is 4.90 Å². The number of rotatable bonds is 9. The van der Waals surface area contributed by atoms with E-state index in [4.69, 9.17) is 0 Å².